The highest BCUT2D eigenvalue weighted by Gasteiger charge is 1.99. The highest BCUT2D eigenvalue weighted by atomic mass is 79.9. The monoisotopic (exact) mass is 344 g/mol. The Morgan fingerprint density at radius 1 is 1.11 bits per heavy atom. The smallest absolute Gasteiger partial charge is 0.182 e. The lowest BCUT2D eigenvalue weighted by molar-refractivity contribution is 0.894. The van der Waals surface area contributed by atoms with Gasteiger partial charge in [0.05, 0.1) is 16.2 Å². The summed E-state index contributed by atoms with van der Waals surface area (Å²) in [5.41, 5.74) is 10.7. The average Bonchev–Trinajstić information content (AvgIpc) is 3.01. The van der Waals surface area contributed by atoms with Crippen molar-refractivity contribution in [3.05, 3.63) is 34.6 Å². The molecule has 0 saturated carbocycles. The molecule has 0 aliphatic rings. The lowest BCUT2D eigenvalue weighted by Crippen LogP contribution is -1.88. The van der Waals surface area contributed by atoms with Gasteiger partial charge in [-0.2, -0.15) is 5.10 Å². The first kappa shape index (κ1) is 13.0. The number of nitrogen functional groups attached to an aromatic ring is 2. The van der Waals surface area contributed by atoms with Crippen LogP contribution in [0, 0.1) is 0 Å². The van der Waals surface area contributed by atoms with Crippen LogP contribution in [-0.2, 0) is 0 Å². The minimum absolute atomic E-state index is 0.565. The van der Waals surface area contributed by atoms with Crippen LogP contribution in [0.3, 0.4) is 0 Å². The number of hydrogen-bond donors (Lipinski definition) is 2. The van der Waals surface area contributed by atoms with Crippen LogP contribution in [-0.4, -0.2) is 19.7 Å². The van der Waals surface area contributed by atoms with Gasteiger partial charge >= 0.3 is 0 Å². The van der Waals surface area contributed by atoms with Gasteiger partial charge in [-0.1, -0.05) is 22.7 Å². The summed E-state index contributed by atoms with van der Waals surface area (Å²) < 4.78 is 2.71. The van der Waals surface area contributed by atoms with E-state index in [4.69, 9.17) is 11.5 Å². The molecule has 0 aliphatic carbocycles. The van der Waals surface area contributed by atoms with Crippen molar-refractivity contribution < 1.29 is 0 Å². The van der Waals surface area contributed by atoms with Gasteiger partial charge in [-0.05, 0) is 22.0 Å². The quantitative estimate of drug-likeness (QED) is 0.706. The van der Waals surface area contributed by atoms with Gasteiger partial charge in [0.2, 0.25) is 0 Å². The van der Waals surface area contributed by atoms with Crippen molar-refractivity contribution in [1.29, 1.82) is 0 Å². The fourth-order valence-electron chi connectivity index (χ4n) is 1.05. The topological polar surface area (TPSA) is 95.6 Å². The Morgan fingerprint density at radius 2 is 1.83 bits per heavy atom. The molecule has 0 aliphatic heterocycles. The number of anilines is 2. The standard InChI is InChI=1S/C6H6N4S.C3H3BrN2S/c7-6-8-4-5(11-6)10-3-1-2-9-10;4-2-1-6-3(5)7-2/h1-4H,(H2,7,8);1H,(H2,5,6). The Morgan fingerprint density at radius 3 is 2.22 bits per heavy atom. The number of hydrogen-bond acceptors (Lipinski definition) is 7. The summed E-state index contributed by atoms with van der Waals surface area (Å²) in [6.45, 7) is 0. The van der Waals surface area contributed by atoms with E-state index < -0.39 is 0 Å². The third-order valence-electron chi connectivity index (χ3n) is 1.74. The van der Waals surface area contributed by atoms with Crippen molar-refractivity contribution in [2.75, 3.05) is 11.5 Å². The Hall–Kier alpha value is -1.45. The van der Waals surface area contributed by atoms with Gasteiger partial charge in [-0.25, -0.2) is 14.6 Å². The van der Waals surface area contributed by atoms with Crippen molar-refractivity contribution >= 4 is 48.9 Å². The second-order valence-electron chi connectivity index (χ2n) is 2.99. The maximum Gasteiger partial charge on any atom is 0.182 e. The zero-order valence-corrected chi connectivity index (χ0v) is 12.2. The summed E-state index contributed by atoms with van der Waals surface area (Å²) in [7, 11) is 0. The molecule has 18 heavy (non-hydrogen) atoms. The molecule has 0 amide bonds. The van der Waals surface area contributed by atoms with Gasteiger partial charge in [0.25, 0.3) is 0 Å². The van der Waals surface area contributed by atoms with Crippen molar-refractivity contribution in [3.63, 3.8) is 0 Å². The molecule has 3 heterocycles. The molecule has 0 radical (unpaired) electrons. The van der Waals surface area contributed by atoms with Gasteiger partial charge in [-0.3, -0.25) is 0 Å². The summed E-state index contributed by atoms with van der Waals surface area (Å²) in [5, 5.41) is 6.14. The molecule has 0 unspecified atom stereocenters. The van der Waals surface area contributed by atoms with Crippen LogP contribution >= 0.6 is 38.6 Å². The number of nitrogens with two attached hydrogens (primary N) is 2. The molecule has 0 atom stereocenters. The normalized spacial score (nSPS) is 9.83. The minimum Gasteiger partial charge on any atom is -0.375 e. The molecule has 9 heteroatoms. The Balaban J connectivity index is 0.000000149. The maximum absolute atomic E-state index is 5.45. The zero-order chi connectivity index (χ0) is 13.0. The molecule has 3 aromatic rings. The predicted molar refractivity (Wildman–Crippen MR) is 77.9 cm³/mol. The third kappa shape index (κ3) is 3.52. The highest BCUT2D eigenvalue weighted by Crippen LogP contribution is 2.19. The van der Waals surface area contributed by atoms with E-state index in [2.05, 4.69) is 31.0 Å². The van der Waals surface area contributed by atoms with Crippen LogP contribution in [0.2, 0.25) is 0 Å². The second kappa shape index (κ2) is 5.94. The number of thiazole rings is 2. The summed E-state index contributed by atoms with van der Waals surface area (Å²) in [6.07, 6.45) is 6.95. The first-order valence-corrected chi connectivity index (χ1v) is 7.16. The molecule has 0 spiro atoms. The predicted octanol–water partition coefficient (Wildman–Crippen LogP) is 2.40. The SMILES string of the molecule is Nc1ncc(-n2cccn2)s1.Nc1ncc(Br)s1. The molecular weight excluding hydrogens is 336 g/mol. The van der Waals surface area contributed by atoms with Gasteiger partial charge in [0.1, 0.15) is 5.00 Å². The third-order valence-corrected chi connectivity index (χ3v) is 3.86. The van der Waals surface area contributed by atoms with Crippen LogP contribution in [0.1, 0.15) is 0 Å². The lowest BCUT2D eigenvalue weighted by atomic mass is 10.7. The van der Waals surface area contributed by atoms with Crippen molar-refractivity contribution in [2.45, 2.75) is 0 Å². The average molecular weight is 345 g/mol. The lowest BCUT2D eigenvalue weighted by Gasteiger charge is -1.90. The van der Waals surface area contributed by atoms with Gasteiger partial charge in [0.15, 0.2) is 10.3 Å². The summed E-state index contributed by atoms with van der Waals surface area (Å²) >= 11 is 6.05. The van der Waals surface area contributed by atoms with Crippen molar-refractivity contribution in [2.24, 2.45) is 0 Å². The first-order valence-electron chi connectivity index (χ1n) is 4.73. The van der Waals surface area contributed by atoms with E-state index in [0.29, 0.717) is 10.3 Å². The molecule has 0 bridgehead atoms. The van der Waals surface area contributed by atoms with Gasteiger partial charge < -0.3 is 11.5 Å². The first-order chi connectivity index (χ1) is 8.65. The molecule has 4 N–H and O–H groups in total. The number of halogens is 1. The van der Waals surface area contributed by atoms with Gasteiger partial charge in [-0.15, -0.1) is 0 Å². The van der Waals surface area contributed by atoms with E-state index in [1.54, 1.807) is 23.3 Å². The van der Waals surface area contributed by atoms with Crippen LogP contribution < -0.4 is 11.5 Å². The second-order valence-corrected chi connectivity index (χ2v) is 6.47. The van der Waals surface area contributed by atoms with E-state index in [1.807, 2.05) is 12.3 Å². The molecule has 3 aromatic heterocycles. The number of rotatable bonds is 1. The van der Waals surface area contributed by atoms with E-state index in [-0.39, 0.29) is 0 Å². The van der Waals surface area contributed by atoms with E-state index in [1.165, 1.54) is 22.7 Å². The van der Waals surface area contributed by atoms with Crippen LogP contribution in [0.15, 0.2) is 34.6 Å². The van der Waals surface area contributed by atoms with Crippen LogP contribution in [0.25, 0.3) is 5.00 Å². The van der Waals surface area contributed by atoms with E-state index in [9.17, 15) is 0 Å². The largest absolute Gasteiger partial charge is 0.375 e. The molecule has 0 fully saturated rings. The Labute approximate surface area is 119 Å². The van der Waals surface area contributed by atoms with E-state index in [0.717, 1.165) is 8.79 Å². The molecular formula is C9H9BrN6S2. The van der Waals surface area contributed by atoms with Crippen LogP contribution in [0.4, 0.5) is 10.3 Å². The molecule has 0 aromatic carbocycles. The Bertz CT molecular complexity index is 586. The number of nitrogens with zero attached hydrogens (tertiary/aromatic N) is 4. The fourth-order valence-corrected chi connectivity index (χ4v) is 2.69. The zero-order valence-electron chi connectivity index (χ0n) is 9.02. The molecule has 6 nitrogen and oxygen atoms in total. The molecule has 94 valence electrons. The Kier molecular flexibility index (Phi) is 4.28. The fraction of sp³-hybridized carbons (Fsp3) is 0. The molecule has 3 rings (SSSR count). The summed E-state index contributed by atoms with van der Waals surface area (Å²) in [6, 6.07) is 1.86. The van der Waals surface area contributed by atoms with Crippen LogP contribution in [0.5, 0.6) is 0 Å². The summed E-state index contributed by atoms with van der Waals surface area (Å²) in [4.78, 5) is 7.67. The number of aromatic nitrogens is 4. The molecule has 0 saturated heterocycles. The maximum atomic E-state index is 5.45. The van der Waals surface area contributed by atoms with Crippen molar-refractivity contribution in [3.8, 4) is 5.00 Å². The van der Waals surface area contributed by atoms with Crippen molar-refractivity contribution in [1.82, 2.24) is 19.7 Å². The van der Waals surface area contributed by atoms with Gasteiger partial charge in [0, 0.05) is 12.4 Å². The minimum atomic E-state index is 0.565. The van der Waals surface area contributed by atoms with E-state index >= 15 is 0 Å². The summed E-state index contributed by atoms with van der Waals surface area (Å²) in [5.74, 6) is 0. The highest BCUT2D eigenvalue weighted by molar-refractivity contribution is 9.11.